The van der Waals surface area contributed by atoms with Gasteiger partial charge in [-0.1, -0.05) is 43.7 Å². The molecule has 0 bridgehead atoms. The lowest BCUT2D eigenvalue weighted by Crippen LogP contribution is -2.48. The highest BCUT2D eigenvalue weighted by molar-refractivity contribution is 6.08. The van der Waals surface area contributed by atoms with Crippen LogP contribution in [0.25, 0.3) is 0 Å². The van der Waals surface area contributed by atoms with E-state index in [2.05, 4.69) is 12.2 Å². The summed E-state index contributed by atoms with van der Waals surface area (Å²) in [6, 6.07) is 13.7. The molecule has 1 saturated heterocycles. The van der Waals surface area contributed by atoms with Gasteiger partial charge >= 0.3 is 0 Å². The number of carbonyl (C=O) groups excluding carboxylic acids is 2. The smallest absolute Gasteiger partial charge is 0.254 e. The molecule has 2 aliphatic heterocycles. The topological polar surface area (TPSA) is 49.4 Å². The third-order valence-corrected chi connectivity index (χ3v) is 6.41. The number of nitrogens with one attached hydrogen (secondary N) is 1. The largest absolute Gasteiger partial charge is 0.334 e. The first kappa shape index (κ1) is 17.8. The molecule has 1 fully saturated rings. The van der Waals surface area contributed by atoms with E-state index in [9.17, 15) is 9.59 Å². The van der Waals surface area contributed by atoms with Gasteiger partial charge in [0, 0.05) is 17.8 Å². The zero-order valence-corrected chi connectivity index (χ0v) is 16.2. The first-order valence-electron chi connectivity index (χ1n) is 9.79. The van der Waals surface area contributed by atoms with Gasteiger partial charge in [0.2, 0.25) is 5.91 Å². The van der Waals surface area contributed by atoms with Gasteiger partial charge in [0.15, 0.2) is 0 Å². The number of likely N-dealkylation sites (tertiary alicyclic amines) is 1. The Bertz CT molecular complexity index is 920. The van der Waals surface area contributed by atoms with Crippen molar-refractivity contribution in [1.82, 2.24) is 4.90 Å². The molecule has 2 aromatic rings. The summed E-state index contributed by atoms with van der Waals surface area (Å²) in [5.41, 5.74) is 4.20. The Labute approximate surface area is 160 Å². The molecular formula is C23H26N2O2. The monoisotopic (exact) mass is 362 g/mol. The van der Waals surface area contributed by atoms with Crippen LogP contribution in [-0.2, 0) is 10.2 Å². The van der Waals surface area contributed by atoms with Crippen LogP contribution in [0.4, 0.5) is 5.69 Å². The van der Waals surface area contributed by atoms with Crippen LogP contribution in [0, 0.1) is 13.8 Å². The Morgan fingerprint density at radius 1 is 1.19 bits per heavy atom. The minimum Gasteiger partial charge on any atom is -0.334 e. The summed E-state index contributed by atoms with van der Waals surface area (Å²) >= 11 is 0. The molecule has 0 aromatic heterocycles. The molecule has 2 amide bonds. The lowest BCUT2D eigenvalue weighted by Gasteiger charge is -2.34. The molecule has 2 aliphatic rings. The Kier molecular flexibility index (Phi) is 4.29. The summed E-state index contributed by atoms with van der Waals surface area (Å²) in [5, 5.41) is 3.06. The number of rotatable bonds is 3. The van der Waals surface area contributed by atoms with Gasteiger partial charge < -0.3 is 10.2 Å². The lowest BCUT2D eigenvalue weighted by molar-refractivity contribution is -0.121. The molecular weight excluding hydrogens is 336 g/mol. The quantitative estimate of drug-likeness (QED) is 0.889. The number of carbonyl (C=O) groups is 2. The van der Waals surface area contributed by atoms with E-state index in [1.165, 1.54) is 0 Å². The summed E-state index contributed by atoms with van der Waals surface area (Å²) < 4.78 is 0. The fourth-order valence-corrected chi connectivity index (χ4v) is 4.86. The zero-order valence-electron chi connectivity index (χ0n) is 16.2. The lowest BCUT2D eigenvalue weighted by atomic mass is 9.73. The Morgan fingerprint density at radius 2 is 1.96 bits per heavy atom. The summed E-state index contributed by atoms with van der Waals surface area (Å²) in [4.78, 5) is 28.5. The SMILES string of the molecule is CCC[C@@H]1N(C(=O)c2cccc(C)c2C)CC[C@]12C(=O)Nc1ccccc12. The molecule has 4 nitrogen and oxygen atoms in total. The van der Waals surface area contributed by atoms with E-state index in [1.807, 2.05) is 61.2 Å². The summed E-state index contributed by atoms with van der Waals surface area (Å²) in [5.74, 6) is 0.0853. The number of amides is 2. The second kappa shape index (κ2) is 6.52. The number of anilines is 1. The Hall–Kier alpha value is -2.62. The molecule has 2 atom stereocenters. The molecule has 0 saturated carbocycles. The van der Waals surface area contributed by atoms with Crippen molar-refractivity contribution in [3.8, 4) is 0 Å². The first-order chi connectivity index (χ1) is 13.0. The molecule has 4 heteroatoms. The molecule has 2 aromatic carbocycles. The van der Waals surface area contributed by atoms with Gasteiger partial charge in [-0.15, -0.1) is 0 Å². The molecule has 140 valence electrons. The summed E-state index contributed by atoms with van der Waals surface area (Å²) in [6.07, 6.45) is 2.42. The van der Waals surface area contributed by atoms with Crippen molar-refractivity contribution in [3.63, 3.8) is 0 Å². The van der Waals surface area contributed by atoms with Crippen LogP contribution in [0.3, 0.4) is 0 Å². The minimum absolute atomic E-state index is 0.0402. The van der Waals surface area contributed by atoms with Crippen LogP contribution in [0.15, 0.2) is 42.5 Å². The number of aryl methyl sites for hydroxylation is 1. The molecule has 0 aliphatic carbocycles. The minimum atomic E-state index is -0.625. The van der Waals surface area contributed by atoms with E-state index in [4.69, 9.17) is 0 Å². The van der Waals surface area contributed by atoms with Gasteiger partial charge in [-0.3, -0.25) is 9.59 Å². The van der Waals surface area contributed by atoms with Gasteiger partial charge in [-0.2, -0.15) is 0 Å². The number of hydrogen-bond acceptors (Lipinski definition) is 2. The van der Waals surface area contributed by atoms with Crippen molar-refractivity contribution in [1.29, 1.82) is 0 Å². The van der Waals surface area contributed by atoms with Crippen molar-refractivity contribution >= 4 is 17.5 Å². The second-order valence-electron chi connectivity index (χ2n) is 7.77. The van der Waals surface area contributed by atoms with Crippen LogP contribution in [0.5, 0.6) is 0 Å². The highest BCUT2D eigenvalue weighted by Gasteiger charge is 2.58. The Balaban J connectivity index is 1.78. The van der Waals surface area contributed by atoms with E-state index in [0.29, 0.717) is 13.0 Å². The third-order valence-electron chi connectivity index (χ3n) is 6.41. The number of para-hydroxylation sites is 1. The van der Waals surface area contributed by atoms with Crippen molar-refractivity contribution in [3.05, 3.63) is 64.7 Å². The van der Waals surface area contributed by atoms with Crippen LogP contribution < -0.4 is 5.32 Å². The van der Waals surface area contributed by atoms with Gasteiger partial charge in [0.05, 0.1) is 11.5 Å². The molecule has 1 spiro atoms. The average molecular weight is 362 g/mol. The van der Waals surface area contributed by atoms with Crippen molar-refractivity contribution < 1.29 is 9.59 Å². The molecule has 1 N–H and O–H groups in total. The normalized spacial score (nSPS) is 23.6. The highest BCUT2D eigenvalue weighted by atomic mass is 16.2. The van der Waals surface area contributed by atoms with E-state index in [0.717, 1.165) is 40.8 Å². The summed E-state index contributed by atoms with van der Waals surface area (Å²) in [7, 11) is 0. The standard InChI is InChI=1S/C23H26N2O2/c1-4-8-20-23(18-11-5-6-12-19(18)24-22(23)27)13-14-25(20)21(26)17-10-7-9-15(2)16(17)3/h5-7,9-12,20H,4,8,13-14H2,1-3H3,(H,24,27)/t20-,23+/m0/s1. The molecule has 0 unspecified atom stereocenters. The molecule has 4 rings (SSSR count). The molecule has 0 radical (unpaired) electrons. The highest BCUT2D eigenvalue weighted by Crippen LogP contribution is 2.49. The number of fused-ring (bicyclic) bond motifs is 2. The van der Waals surface area contributed by atoms with Crippen LogP contribution in [0.2, 0.25) is 0 Å². The number of nitrogens with zero attached hydrogens (tertiary/aromatic N) is 1. The second-order valence-corrected chi connectivity index (χ2v) is 7.77. The van der Waals surface area contributed by atoms with Gasteiger partial charge in [-0.25, -0.2) is 0 Å². The van der Waals surface area contributed by atoms with Crippen molar-refractivity contribution in [2.24, 2.45) is 0 Å². The molecule has 27 heavy (non-hydrogen) atoms. The molecule has 2 heterocycles. The number of hydrogen-bond donors (Lipinski definition) is 1. The van der Waals surface area contributed by atoms with E-state index < -0.39 is 5.41 Å². The Morgan fingerprint density at radius 3 is 2.74 bits per heavy atom. The number of benzene rings is 2. The van der Waals surface area contributed by atoms with Crippen LogP contribution >= 0.6 is 0 Å². The maximum Gasteiger partial charge on any atom is 0.254 e. The first-order valence-corrected chi connectivity index (χ1v) is 9.79. The third kappa shape index (κ3) is 2.50. The van der Waals surface area contributed by atoms with Crippen molar-refractivity contribution in [2.45, 2.75) is 51.5 Å². The van der Waals surface area contributed by atoms with Crippen LogP contribution in [-0.4, -0.2) is 29.3 Å². The van der Waals surface area contributed by atoms with Gasteiger partial charge in [-0.05, 0) is 55.5 Å². The van der Waals surface area contributed by atoms with Gasteiger partial charge in [0.25, 0.3) is 5.91 Å². The van der Waals surface area contributed by atoms with Crippen molar-refractivity contribution in [2.75, 3.05) is 11.9 Å². The van der Waals surface area contributed by atoms with Crippen LogP contribution in [0.1, 0.15) is 53.2 Å². The zero-order chi connectivity index (χ0) is 19.2. The fourth-order valence-electron chi connectivity index (χ4n) is 4.86. The van der Waals surface area contributed by atoms with Gasteiger partial charge in [0.1, 0.15) is 0 Å². The predicted octanol–water partition coefficient (Wildman–Crippen LogP) is 4.21. The van der Waals surface area contributed by atoms with E-state index in [1.54, 1.807) is 0 Å². The van der Waals surface area contributed by atoms with E-state index >= 15 is 0 Å². The average Bonchev–Trinajstić information content (AvgIpc) is 3.17. The van der Waals surface area contributed by atoms with E-state index in [-0.39, 0.29) is 17.9 Å². The predicted molar refractivity (Wildman–Crippen MR) is 107 cm³/mol. The maximum absolute atomic E-state index is 13.5. The summed E-state index contributed by atoms with van der Waals surface area (Å²) in [6.45, 7) is 6.76. The fraction of sp³-hybridized carbons (Fsp3) is 0.391. The maximum atomic E-state index is 13.5.